The molecule has 5 heteroatoms. The minimum atomic E-state index is -0.115. The van der Waals surface area contributed by atoms with Crippen LogP contribution in [0.5, 0.6) is 5.75 Å². The number of hydrogen-bond donors (Lipinski definition) is 1. The lowest BCUT2D eigenvalue weighted by molar-refractivity contribution is -0.105. The Kier molecular flexibility index (Phi) is 3.88. The highest BCUT2D eigenvalue weighted by Crippen LogP contribution is 2.25. The molecule has 0 unspecified atom stereocenters. The van der Waals surface area contributed by atoms with Crippen molar-refractivity contribution in [3.63, 3.8) is 0 Å². The highest BCUT2D eigenvalue weighted by molar-refractivity contribution is 5.95. The fourth-order valence-electron chi connectivity index (χ4n) is 1.27. The molecule has 1 aromatic rings. The number of carbonyl (C=O) groups excluding carboxylic acids is 2. The number of anilines is 1. The summed E-state index contributed by atoms with van der Waals surface area (Å²) < 4.78 is 5.08. The molecule has 0 aromatic heterocycles. The zero-order chi connectivity index (χ0) is 12.1. The lowest BCUT2D eigenvalue weighted by atomic mass is 10.1. The molecule has 5 nitrogen and oxygen atoms in total. The molecule has 0 radical (unpaired) electrons. The van der Waals surface area contributed by atoms with Crippen LogP contribution in [0.2, 0.25) is 0 Å². The number of benzene rings is 1. The van der Waals surface area contributed by atoms with Crippen LogP contribution in [-0.4, -0.2) is 38.4 Å². The Bertz CT molecular complexity index is 402. The highest BCUT2D eigenvalue weighted by atomic mass is 16.5. The van der Waals surface area contributed by atoms with Gasteiger partial charge < -0.3 is 15.0 Å². The Morgan fingerprint density at radius 1 is 1.44 bits per heavy atom. The number of carbonyl (C=O) groups is 2. The van der Waals surface area contributed by atoms with Gasteiger partial charge in [0.15, 0.2) is 0 Å². The van der Waals surface area contributed by atoms with Crippen molar-refractivity contribution in [2.24, 2.45) is 0 Å². The zero-order valence-electron chi connectivity index (χ0n) is 9.48. The van der Waals surface area contributed by atoms with Gasteiger partial charge in [0, 0.05) is 19.7 Å². The maximum absolute atomic E-state index is 11.7. The topological polar surface area (TPSA) is 58.6 Å². The van der Waals surface area contributed by atoms with E-state index in [4.69, 9.17) is 4.74 Å². The van der Waals surface area contributed by atoms with Gasteiger partial charge in [-0.1, -0.05) is 0 Å². The van der Waals surface area contributed by atoms with Crippen molar-refractivity contribution >= 4 is 18.0 Å². The molecule has 0 aliphatic rings. The smallest absolute Gasteiger partial charge is 0.253 e. The number of hydrogen-bond acceptors (Lipinski definition) is 3. The third-order valence-corrected chi connectivity index (χ3v) is 2.07. The van der Waals surface area contributed by atoms with E-state index < -0.39 is 0 Å². The van der Waals surface area contributed by atoms with Crippen LogP contribution in [0, 0.1) is 0 Å². The van der Waals surface area contributed by atoms with Gasteiger partial charge in [0.25, 0.3) is 5.91 Å². The van der Waals surface area contributed by atoms with Crippen molar-refractivity contribution in [2.75, 3.05) is 26.5 Å². The van der Waals surface area contributed by atoms with Gasteiger partial charge in [0.1, 0.15) is 5.75 Å². The molecule has 0 saturated heterocycles. The van der Waals surface area contributed by atoms with Crippen molar-refractivity contribution < 1.29 is 14.3 Å². The second-order valence-corrected chi connectivity index (χ2v) is 3.38. The van der Waals surface area contributed by atoms with Crippen LogP contribution >= 0.6 is 0 Å². The molecule has 86 valence electrons. The minimum absolute atomic E-state index is 0.115. The second-order valence-electron chi connectivity index (χ2n) is 3.38. The molecule has 0 aliphatic heterocycles. The highest BCUT2D eigenvalue weighted by Gasteiger charge is 2.11. The molecule has 0 spiro atoms. The van der Waals surface area contributed by atoms with Gasteiger partial charge in [-0.15, -0.1) is 0 Å². The maximum atomic E-state index is 11.7. The number of rotatable bonds is 4. The summed E-state index contributed by atoms with van der Waals surface area (Å²) in [6.45, 7) is 0. The number of nitrogens with one attached hydrogen (secondary N) is 1. The lowest BCUT2D eigenvalue weighted by Gasteiger charge is -2.12. The molecule has 16 heavy (non-hydrogen) atoms. The number of amides is 2. The normalized spacial score (nSPS) is 9.44. The fourth-order valence-corrected chi connectivity index (χ4v) is 1.27. The quantitative estimate of drug-likeness (QED) is 0.772. The van der Waals surface area contributed by atoms with Crippen molar-refractivity contribution in [2.45, 2.75) is 0 Å². The molecule has 0 saturated carbocycles. The summed E-state index contributed by atoms with van der Waals surface area (Å²) in [6.07, 6.45) is 0.561. The monoisotopic (exact) mass is 222 g/mol. The average molecular weight is 222 g/mol. The average Bonchev–Trinajstić information content (AvgIpc) is 2.29. The maximum Gasteiger partial charge on any atom is 0.253 e. The molecule has 0 atom stereocenters. The van der Waals surface area contributed by atoms with Crippen molar-refractivity contribution in [3.05, 3.63) is 23.8 Å². The van der Waals surface area contributed by atoms with Crippen LogP contribution in [0.1, 0.15) is 10.4 Å². The zero-order valence-corrected chi connectivity index (χ0v) is 9.48. The van der Waals surface area contributed by atoms with E-state index in [9.17, 15) is 9.59 Å². The van der Waals surface area contributed by atoms with Crippen LogP contribution in [-0.2, 0) is 4.79 Å². The molecular formula is C11H14N2O3. The van der Waals surface area contributed by atoms with Crippen LogP contribution in [0.15, 0.2) is 18.2 Å². The van der Waals surface area contributed by atoms with Gasteiger partial charge in [0.2, 0.25) is 6.41 Å². The van der Waals surface area contributed by atoms with E-state index in [0.717, 1.165) is 0 Å². The summed E-state index contributed by atoms with van der Waals surface area (Å²) >= 11 is 0. The fraction of sp³-hybridized carbons (Fsp3) is 0.273. The number of ether oxygens (including phenoxy) is 1. The van der Waals surface area contributed by atoms with Crippen LogP contribution in [0.3, 0.4) is 0 Å². The molecule has 1 N–H and O–H groups in total. The van der Waals surface area contributed by atoms with Crippen LogP contribution in [0.25, 0.3) is 0 Å². The second kappa shape index (κ2) is 5.16. The van der Waals surface area contributed by atoms with E-state index in [1.165, 1.54) is 12.0 Å². The Morgan fingerprint density at radius 2 is 2.12 bits per heavy atom. The first-order valence-corrected chi connectivity index (χ1v) is 4.70. The molecule has 2 amide bonds. The number of methoxy groups -OCH3 is 1. The van der Waals surface area contributed by atoms with Crippen molar-refractivity contribution in [1.29, 1.82) is 0 Å². The first-order chi connectivity index (χ1) is 7.60. The Morgan fingerprint density at radius 3 is 2.62 bits per heavy atom. The molecule has 0 aliphatic carbocycles. The summed E-state index contributed by atoms with van der Waals surface area (Å²) in [5, 5.41) is 2.49. The minimum Gasteiger partial charge on any atom is -0.495 e. The Labute approximate surface area is 94.0 Å². The van der Waals surface area contributed by atoms with Crippen molar-refractivity contribution in [1.82, 2.24) is 4.90 Å². The summed E-state index contributed by atoms with van der Waals surface area (Å²) in [6, 6.07) is 4.86. The SMILES string of the molecule is COc1cc(C(=O)N(C)C)ccc1NC=O. The molecule has 1 aromatic carbocycles. The molecule has 0 heterocycles. The van der Waals surface area contributed by atoms with Gasteiger partial charge in [-0.25, -0.2) is 0 Å². The van der Waals surface area contributed by atoms with E-state index in [1.54, 1.807) is 32.3 Å². The van der Waals surface area contributed by atoms with E-state index in [2.05, 4.69) is 5.32 Å². The van der Waals surface area contributed by atoms with Gasteiger partial charge in [0.05, 0.1) is 12.8 Å². The summed E-state index contributed by atoms with van der Waals surface area (Å²) in [5.74, 6) is 0.343. The molecule has 1 rings (SSSR count). The van der Waals surface area contributed by atoms with E-state index in [1.807, 2.05) is 0 Å². The summed E-state index contributed by atoms with van der Waals surface area (Å²) in [4.78, 5) is 23.5. The van der Waals surface area contributed by atoms with Gasteiger partial charge in [-0.3, -0.25) is 9.59 Å². The van der Waals surface area contributed by atoms with Gasteiger partial charge >= 0.3 is 0 Å². The number of nitrogens with zero attached hydrogens (tertiary/aromatic N) is 1. The third-order valence-electron chi connectivity index (χ3n) is 2.07. The van der Waals surface area contributed by atoms with Crippen molar-refractivity contribution in [3.8, 4) is 5.75 Å². The third kappa shape index (κ3) is 2.50. The summed E-state index contributed by atoms with van der Waals surface area (Å²) in [7, 11) is 4.83. The predicted molar refractivity (Wildman–Crippen MR) is 60.7 cm³/mol. The molecule has 0 fully saturated rings. The first kappa shape index (κ1) is 12.0. The molecule has 0 bridgehead atoms. The molecular weight excluding hydrogens is 208 g/mol. The van der Waals surface area contributed by atoms with Gasteiger partial charge in [-0.05, 0) is 18.2 Å². The lowest BCUT2D eigenvalue weighted by Crippen LogP contribution is -2.21. The Balaban J connectivity index is 3.08. The Hall–Kier alpha value is -2.04. The standard InChI is InChI=1S/C11H14N2O3/c1-13(2)11(15)8-4-5-9(12-7-14)10(6-8)16-3/h4-7H,1-3H3,(H,12,14). The van der Waals surface area contributed by atoms with Gasteiger partial charge in [-0.2, -0.15) is 0 Å². The largest absolute Gasteiger partial charge is 0.495 e. The summed E-state index contributed by atoms with van der Waals surface area (Å²) in [5.41, 5.74) is 1.05. The predicted octanol–water partition coefficient (Wildman–Crippen LogP) is 0.965. The van der Waals surface area contributed by atoms with E-state index >= 15 is 0 Å². The van der Waals surface area contributed by atoms with E-state index in [-0.39, 0.29) is 5.91 Å². The van der Waals surface area contributed by atoms with E-state index in [0.29, 0.717) is 23.4 Å². The van der Waals surface area contributed by atoms with Crippen LogP contribution < -0.4 is 10.1 Å². The first-order valence-electron chi connectivity index (χ1n) is 4.70. The van der Waals surface area contributed by atoms with Crippen LogP contribution in [0.4, 0.5) is 5.69 Å².